The average Bonchev–Trinajstić information content (AvgIpc) is 2.82. The van der Waals surface area contributed by atoms with Crippen LogP contribution in [0.25, 0.3) is 10.8 Å². The molecule has 1 heterocycles. The van der Waals surface area contributed by atoms with Gasteiger partial charge in [-0.1, -0.05) is 72.8 Å². The van der Waals surface area contributed by atoms with Gasteiger partial charge in [-0.15, -0.1) is 0 Å². The summed E-state index contributed by atoms with van der Waals surface area (Å²) in [6, 6.07) is 39.4. The maximum Gasteiger partial charge on any atom is 0.137 e. The number of rotatable bonds is 5. The van der Waals surface area contributed by atoms with Crippen molar-refractivity contribution >= 4 is 39.3 Å². The fourth-order valence-electron chi connectivity index (χ4n) is 3.65. The van der Waals surface area contributed by atoms with Crippen molar-refractivity contribution in [3.8, 4) is 0 Å². The second-order valence-corrected chi connectivity index (χ2v) is 7.06. The zero-order valence-electron chi connectivity index (χ0n) is 16.4. The molecule has 1 N–H and O–H groups in total. The van der Waals surface area contributed by atoms with E-state index in [1.54, 1.807) is 0 Å². The maximum atomic E-state index is 4.77. The third kappa shape index (κ3) is 3.61. The van der Waals surface area contributed by atoms with Gasteiger partial charge in [-0.2, -0.15) is 0 Å². The van der Waals surface area contributed by atoms with E-state index in [1.165, 1.54) is 10.8 Å². The van der Waals surface area contributed by atoms with Crippen LogP contribution in [0.5, 0.6) is 0 Å². The van der Waals surface area contributed by atoms with Gasteiger partial charge in [-0.05, 0) is 47.9 Å². The Hall–Kier alpha value is -4.11. The normalized spacial score (nSPS) is 10.7. The summed E-state index contributed by atoms with van der Waals surface area (Å²) in [5, 5.41) is 5.92. The molecule has 144 valence electrons. The van der Waals surface area contributed by atoms with Gasteiger partial charge < -0.3 is 5.32 Å². The van der Waals surface area contributed by atoms with Crippen molar-refractivity contribution in [2.75, 3.05) is 10.2 Å². The molecular formula is C27H21N3. The van der Waals surface area contributed by atoms with Gasteiger partial charge in [0.2, 0.25) is 0 Å². The molecule has 4 aromatic carbocycles. The van der Waals surface area contributed by atoms with Crippen molar-refractivity contribution in [2.45, 2.75) is 0 Å². The number of benzene rings is 4. The van der Waals surface area contributed by atoms with Crippen molar-refractivity contribution in [3.05, 3.63) is 121 Å². The SMILES string of the molecule is c1ccc(N(c2ccccc2)c2ccc(Nc3cccc4ccccc34)cn2)cc1. The van der Waals surface area contributed by atoms with E-state index in [0.29, 0.717) is 0 Å². The number of para-hydroxylation sites is 2. The largest absolute Gasteiger partial charge is 0.354 e. The highest BCUT2D eigenvalue weighted by atomic mass is 15.2. The summed E-state index contributed by atoms with van der Waals surface area (Å²) in [6.45, 7) is 0. The summed E-state index contributed by atoms with van der Waals surface area (Å²) < 4.78 is 0. The predicted octanol–water partition coefficient (Wildman–Crippen LogP) is 7.45. The first-order valence-electron chi connectivity index (χ1n) is 9.99. The van der Waals surface area contributed by atoms with Crippen LogP contribution in [-0.2, 0) is 0 Å². The minimum atomic E-state index is 0.871. The van der Waals surface area contributed by atoms with Crippen molar-refractivity contribution in [3.63, 3.8) is 0 Å². The smallest absolute Gasteiger partial charge is 0.137 e. The van der Waals surface area contributed by atoms with Gasteiger partial charge in [-0.25, -0.2) is 4.98 Å². The van der Waals surface area contributed by atoms with Crippen LogP contribution >= 0.6 is 0 Å². The topological polar surface area (TPSA) is 28.2 Å². The van der Waals surface area contributed by atoms with E-state index in [2.05, 4.69) is 83.0 Å². The third-order valence-electron chi connectivity index (χ3n) is 5.07. The first-order chi connectivity index (χ1) is 14.9. The van der Waals surface area contributed by atoms with Crippen LogP contribution in [-0.4, -0.2) is 4.98 Å². The van der Waals surface area contributed by atoms with E-state index >= 15 is 0 Å². The number of anilines is 5. The summed E-state index contributed by atoms with van der Waals surface area (Å²) in [5.41, 5.74) is 4.18. The second-order valence-electron chi connectivity index (χ2n) is 7.06. The van der Waals surface area contributed by atoms with E-state index < -0.39 is 0 Å². The molecular weight excluding hydrogens is 366 g/mol. The minimum absolute atomic E-state index is 0.871. The lowest BCUT2D eigenvalue weighted by molar-refractivity contribution is 1.18. The van der Waals surface area contributed by atoms with Gasteiger partial charge in [0.25, 0.3) is 0 Å². The zero-order valence-corrected chi connectivity index (χ0v) is 16.4. The first kappa shape index (κ1) is 18.0. The van der Waals surface area contributed by atoms with E-state index in [-0.39, 0.29) is 0 Å². The lowest BCUT2D eigenvalue weighted by atomic mass is 10.1. The number of hydrogen-bond acceptors (Lipinski definition) is 3. The lowest BCUT2D eigenvalue weighted by Crippen LogP contribution is -2.11. The molecule has 0 atom stereocenters. The Morgan fingerprint density at radius 2 is 1.20 bits per heavy atom. The molecule has 0 amide bonds. The van der Waals surface area contributed by atoms with Gasteiger partial charge in [0, 0.05) is 22.4 Å². The minimum Gasteiger partial charge on any atom is -0.354 e. The Morgan fingerprint density at radius 3 is 1.87 bits per heavy atom. The highest BCUT2D eigenvalue weighted by molar-refractivity contribution is 5.95. The Labute approximate surface area is 176 Å². The van der Waals surface area contributed by atoms with Crippen molar-refractivity contribution < 1.29 is 0 Å². The third-order valence-corrected chi connectivity index (χ3v) is 5.07. The average molecular weight is 387 g/mol. The molecule has 0 radical (unpaired) electrons. The van der Waals surface area contributed by atoms with Gasteiger partial charge >= 0.3 is 0 Å². The Kier molecular flexibility index (Phi) is 4.84. The van der Waals surface area contributed by atoms with Crippen molar-refractivity contribution in [1.29, 1.82) is 0 Å². The van der Waals surface area contributed by atoms with E-state index in [9.17, 15) is 0 Å². The molecule has 0 aliphatic carbocycles. The number of hydrogen-bond donors (Lipinski definition) is 1. The van der Waals surface area contributed by atoms with Gasteiger partial charge in [-0.3, -0.25) is 4.90 Å². The van der Waals surface area contributed by atoms with E-state index in [1.807, 2.05) is 48.7 Å². The number of nitrogens with one attached hydrogen (secondary N) is 1. The number of fused-ring (bicyclic) bond motifs is 1. The van der Waals surface area contributed by atoms with Gasteiger partial charge in [0.15, 0.2) is 0 Å². The zero-order chi connectivity index (χ0) is 20.2. The molecule has 5 rings (SSSR count). The second kappa shape index (κ2) is 8.10. The monoisotopic (exact) mass is 387 g/mol. The Balaban J connectivity index is 1.48. The molecule has 0 aliphatic heterocycles. The van der Waals surface area contributed by atoms with Crippen LogP contribution in [0.4, 0.5) is 28.6 Å². The standard InChI is InChI=1S/C27H21N3/c1-3-12-23(13-4-1)30(24-14-5-2-6-15-24)27-19-18-22(20-28-27)29-26-17-9-11-21-10-7-8-16-25(21)26/h1-20,29H. The molecule has 0 saturated heterocycles. The summed E-state index contributed by atoms with van der Waals surface area (Å²) in [5.74, 6) is 0.871. The summed E-state index contributed by atoms with van der Waals surface area (Å²) in [4.78, 5) is 6.93. The van der Waals surface area contributed by atoms with Crippen LogP contribution in [0.1, 0.15) is 0 Å². The molecule has 30 heavy (non-hydrogen) atoms. The fourth-order valence-corrected chi connectivity index (χ4v) is 3.65. The molecule has 0 bridgehead atoms. The first-order valence-corrected chi connectivity index (χ1v) is 9.99. The highest BCUT2D eigenvalue weighted by Gasteiger charge is 2.13. The van der Waals surface area contributed by atoms with Crippen molar-refractivity contribution in [2.24, 2.45) is 0 Å². The molecule has 0 aliphatic rings. The fraction of sp³-hybridized carbons (Fsp3) is 0. The van der Waals surface area contributed by atoms with Crippen LogP contribution < -0.4 is 10.2 Å². The predicted molar refractivity (Wildman–Crippen MR) is 126 cm³/mol. The van der Waals surface area contributed by atoms with Gasteiger partial charge in [0.1, 0.15) is 5.82 Å². The van der Waals surface area contributed by atoms with Crippen LogP contribution in [0, 0.1) is 0 Å². The lowest BCUT2D eigenvalue weighted by Gasteiger charge is -2.24. The van der Waals surface area contributed by atoms with E-state index in [0.717, 1.165) is 28.6 Å². The summed E-state index contributed by atoms with van der Waals surface area (Å²) in [6.07, 6.45) is 1.88. The number of pyridine rings is 1. The number of aromatic nitrogens is 1. The molecule has 1 aromatic heterocycles. The summed E-state index contributed by atoms with van der Waals surface area (Å²) >= 11 is 0. The Bertz CT molecular complexity index is 1210. The number of nitrogens with zero attached hydrogens (tertiary/aromatic N) is 2. The van der Waals surface area contributed by atoms with Crippen LogP contribution in [0.15, 0.2) is 121 Å². The molecule has 0 unspecified atom stereocenters. The van der Waals surface area contributed by atoms with Crippen LogP contribution in [0.3, 0.4) is 0 Å². The van der Waals surface area contributed by atoms with Gasteiger partial charge in [0.05, 0.1) is 11.9 Å². The molecule has 3 heteroatoms. The van der Waals surface area contributed by atoms with E-state index in [4.69, 9.17) is 4.98 Å². The molecule has 5 aromatic rings. The van der Waals surface area contributed by atoms with Crippen LogP contribution in [0.2, 0.25) is 0 Å². The highest BCUT2D eigenvalue weighted by Crippen LogP contribution is 2.33. The molecule has 0 fully saturated rings. The molecule has 3 nitrogen and oxygen atoms in total. The Morgan fingerprint density at radius 1 is 0.567 bits per heavy atom. The summed E-state index contributed by atoms with van der Waals surface area (Å²) in [7, 11) is 0. The quantitative estimate of drug-likeness (QED) is 0.339. The molecule has 0 spiro atoms. The maximum absolute atomic E-state index is 4.77. The van der Waals surface area contributed by atoms with Crippen molar-refractivity contribution in [1.82, 2.24) is 4.98 Å². The molecule has 0 saturated carbocycles.